The summed E-state index contributed by atoms with van der Waals surface area (Å²) in [5.74, 6) is 0.459. The number of benzene rings is 1. The van der Waals surface area contributed by atoms with Crippen molar-refractivity contribution in [2.45, 2.75) is 32.4 Å². The van der Waals surface area contributed by atoms with Crippen LogP contribution < -0.4 is 5.73 Å². The standard InChI is InChI=1S/C13H18N4O2/c1-2-5-17-8-15-16-13(17)10(14)6-9-3-4-11(18)12(19)7-9/h3-4,7-8,10,18-19H,2,5-6,14H2,1H3. The number of aromatic hydroxyl groups is 2. The maximum Gasteiger partial charge on any atom is 0.157 e. The van der Waals surface area contributed by atoms with Crippen molar-refractivity contribution in [3.8, 4) is 11.5 Å². The molecule has 0 fully saturated rings. The van der Waals surface area contributed by atoms with E-state index in [2.05, 4.69) is 17.1 Å². The first-order chi connectivity index (χ1) is 9.11. The summed E-state index contributed by atoms with van der Waals surface area (Å²) in [5, 5.41) is 26.7. The van der Waals surface area contributed by atoms with Gasteiger partial charge in [-0.3, -0.25) is 0 Å². The first-order valence-electron chi connectivity index (χ1n) is 6.26. The molecular weight excluding hydrogens is 244 g/mol. The zero-order valence-electron chi connectivity index (χ0n) is 10.8. The number of hydrogen-bond donors (Lipinski definition) is 3. The molecule has 0 amide bonds. The summed E-state index contributed by atoms with van der Waals surface area (Å²) in [6.07, 6.45) is 3.18. The molecule has 0 saturated heterocycles. The highest BCUT2D eigenvalue weighted by Crippen LogP contribution is 2.26. The van der Waals surface area contributed by atoms with Crippen LogP contribution in [0.3, 0.4) is 0 Å². The lowest BCUT2D eigenvalue weighted by Gasteiger charge is -2.13. The van der Waals surface area contributed by atoms with Gasteiger partial charge in [-0.2, -0.15) is 0 Å². The van der Waals surface area contributed by atoms with Crippen LogP contribution >= 0.6 is 0 Å². The predicted octanol–water partition coefficient (Wildman–Crippen LogP) is 1.34. The van der Waals surface area contributed by atoms with Gasteiger partial charge < -0.3 is 20.5 Å². The van der Waals surface area contributed by atoms with Crippen LogP contribution in [0.2, 0.25) is 0 Å². The summed E-state index contributed by atoms with van der Waals surface area (Å²) >= 11 is 0. The largest absolute Gasteiger partial charge is 0.504 e. The van der Waals surface area contributed by atoms with Crippen LogP contribution in [0.5, 0.6) is 11.5 Å². The van der Waals surface area contributed by atoms with Crippen molar-refractivity contribution in [2.24, 2.45) is 5.73 Å². The molecule has 1 heterocycles. The molecule has 0 radical (unpaired) electrons. The third-order valence-corrected chi connectivity index (χ3v) is 2.94. The van der Waals surface area contributed by atoms with E-state index < -0.39 is 0 Å². The summed E-state index contributed by atoms with van der Waals surface area (Å²) in [7, 11) is 0. The molecule has 19 heavy (non-hydrogen) atoms. The second-order valence-corrected chi connectivity index (χ2v) is 4.52. The van der Waals surface area contributed by atoms with E-state index in [9.17, 15) is 10.2 Å². The van der Waals surface area contributed by atoms with Crippen molar-refractivity contribution in [2.75, 3.05) is 0 Å². The van der Waals surface area contributed by atoms with Crippen molar-refractivity contribution in [3.05, 3.63) is 35.9 Å². The number of phenols is 2. The minimum atomic E-state index is -0.294. The lowest BCUT2D eigenvalue weighted by molar-refractivity contribution is 0.403. The van der Waals surface area contributed by atoms with Crippen LogP contribution in [0.4, 0.5) is 0 Å². The average molecular weight is 262 g/mol. The Labute approximate surface area is 111 Å². The molecular formula is C13H18N4O2. The SMILES string of the molecule is CCCn1cnnc1C(N)Cc1ccc(O)c(O)c1. The van der Waals surface area contributed by atoms with Crippen LogP contribution in [0.25, 0.3) is 0 Å². The number of aromatic nitrogens is 3. The molecule has 6 nitrogen and oxygen atoms in total. The third-order valence-electron chi connectivity index (χ3n) is 2.94. The maximum atomic E-state index is 9.46. The molecule has 2 aromatic rings. The third kappa shape index (κ3) is 3.03. The van der Waals surface area contributed by atoms with Gasteiger partial charge in [-0.25, -0.2) is 0 Å². The fraction of sp³-hybridized carbons (Fsp3) is 0.385. The Morgan fingerprint density at radius 3 is 2.79 bits per heavy atom. The molecule has 0 aliphatic heterocycles. The molecule has 1 aromatic heterocycles. The smallest absolute Gasteiger partial charge is 0.157 e. The van der Waals surface area contributed by atoms with Gasteiger partial charge in [-0.05, 0) is 30.5 Å². The van der Waals surface area contributed by atoms with E-state index in [0.29, 0.717) is 6.42 Å². The van der Waals surface area contributed by atoms with Crippen LogP contribution in [-0.2, 0) is 13.0 Å². The van der Waals surface area contributed by atoms with Crippen molar-refractivity contribution in [3.63, 3.8) is 0 Å². The molecule has 0 spiro atoms. The van der Waals surface area contributed by atoms with Gasteiger partial charge in [0.05, 0.1) is 6.04 Å². The van der Waals surface area contributed by atoms with Gasteiger partial charge in [0.2, 0.25) is 0 Å². The van der Waals surface area contributed by atoms with Gasteiger partial charge in [0.1, 0.15) is 12.2 Å². The quantitative estimate of drug-likeness (QED) is 0.706. The molecule has 1 aromatic carbocycles. The predicted molar refractivity (Wildman–Crippen MR) is 70.7 cm³/mol. The highest BCUT2D eigenvalue weighted by Gasteiger charge is 2.14. The molecule has 1 atom stereocenters. The van der Waals surface area contributed by atoms with Crippen molar-refractivity contribution < 1.29 is 10.2 Å². The van der Waals surface area contributed by atoms with E-state index in [1.54, 1.807) is 12.4 Å². The van der Waals surface area contributed by atoms with E-state index in [0.717, 1.165) is 24.4 Å². The Morgan fingerprint density at radius 1 is 1.32 bits per heavy atom. The van der Waals surface area contributed by atoms with Crippen LogP contribution in [-0.4, -0.2) is 25.0 Å². The van der Waals surface area contributed by atoms with Crippen molar-refractivity contribution in [1.29, 1.82) is 0 Å². The number of nitrogens with zero attached hydrogens (tertiary/aromatic N) is 3. The van der Waals surface area contributed by atoms with E-state index in [-0.39, 0.29) is 17.5 Å². The lowest BCUT2D eigenvalue weighted by Crippen LogP contribution is -2.19. The summed E-state index contributed by atoms with van der Waals surface area (Å²) in [6, 6.07) is 4.40. The topological polar surface area (TPSA) is 97.2 Å². The molecule has 0 aliphatic rings. The van der Waals surface area contributed by atoms with Gasteiger partial charge in [0.15, 0.2) is 11.5 Å². The highest BCUT2D eigenvalue weighted by atomic mass is 16.3. The minimum Gasteiger partial charge on any atom is -0.504 e. The number of hydrogen-bond acceptors (Lipinski definition) is 5. The molecule has 1 unspecified atom stereocenters. The Kier molecular flexibility index (Phi) is 4.01. The summed E-state index contributed by atoms with van der Waals surface area (Å²) in [4.78, 5) is 0. The van der Waals surface area contributed by atoms with Crippen LogP contribution in [0.1, 0.15) is 30.8 Å². The van der Waals surface area contributed by atoms with E-state index in [1.807, 2.05) is 4.57 Å². The fourth-order valence-corrected chi connectivity index (χ4v) is 2.01. The number of nitrogens with two attached hydrogens (primary N) is 1. The van der Waals surface area contributed by atoms with Gasteiger partial charge >= 0.3 is 0 Å². The van der Waals surface area contributed by atoms with Crippen LogP contribution in [0.15, 0.2) is 24.5 Å². The minimum absolute atomic E-state index is 0.133. The Bertz CT molecular complexity index is 553. The molecule has 102 valence electrons. The monoisotopic (exact) mass is 262 g/mol. The summed E-state index contributed by atoms with van der Waals surface area (Å²) in [6.45, 7) is 2.91. The Balaban J connectivity index is 2.13. The zero-order valence-corrected chi connectivity index (χ0v) is 10.8. The van der Waals surface area contributed by atoms with E-state index >= 15 is 0 Å². The number of rotatable bonds is 5. The molecule has 0 saturated carbocycles. The maximum absolute atomic E-state index is 9.46. The van der Waals surface area contributed by atoms with E-state index in [4.69, 9.17) is 5.73 Å². The molecule has 0 aliphatic carbocycles. The lowest BCUT2D eigenvalue weighted by atomic mass is 10.1. The van der Waals surface area contributed by atoms with Gasteiger partial charge in [-0.1, -0.05) is 13.0 Å². The van der Waals surface area contributed by atoms with Gasteiger partial charge in [0.25, 0.3) is 0 Å². The molecule has 4 N–H and O–H groups in total. The molecule has 6 heteroatoms. The highest BCUT2D eigenvalue weighted by molar-refractivity contribution is 5.40. The summed E-state index contributed by atoms with van der Waals surface area (Å²) < 4.78 is 1.94. The van der Waals surface area contributed by atoms with Crippen molar-refractivity contribution in [1.82, 2.24) is 14.8 Å². The zero-order chi connectivity index (χ0) is 13.8. The van der Waals surface area contributed by atoms with Gasteiger partial charge in [-0.15, -0.1) is 10.2 Å². The van der Waals surface area contributed by atoms with Crippen molar-refractivity contribution >= 4 is 0 Å². The second kappa shape index (κ2) is 5.71. The van der Waals surface area contributed by atoms with Crippen LogP contribution in [0, 0.1) is 0 Å². The number of phenolic OH excluding ortho intramolecular Hbond substituents is 2. The molecule has 0 bridgehead atoms. The van der Waals surface area contributed by atoms with Gasteiger partial charge in [0, 0.05) is 6.54 Å². The normalized spacial score (nSPS) is 12.5. The number of aryl methyl sites for hydroxylation is 1. The molecule has 2 rings (SSSR count). The summed E-state index contributed by atoms with van der Waals surface area (Å²) in [5.41, 5.74) is 6.96. The fourth-order valence-electron chi connectivity index (χ4n) is 2.01. The first-order valence-corrected chi connectivity index (χ1v) is 6.26. The second-order valence-electron chi connectivity index (χ2n) is 4.52. The Morgan fingerprint density at radius 2 is 2.11 bits per heavy atom. The first kappa shape index (κ1) is 13.4. The Hall–Kier alpha value is -2.08. The average Bonchev–Trinajstić information content (AvgIpc) is 2.83. The van der Waals surface area contributed by atoms with E-state index in [1.165, 1.54) is 12.1 Å².